The first-order chi connectivity index (χ1) is 11.8. The molecule has 2 aromatic rings. The Balaban J connectivity index is 1.70. The molecular weight excluding hydrogens is 298 g/mol. The summed E-state index contributed by atoms with van der Waals surface area (Å²) in [6, 6.07) is 10.9. The minimum Gasteiger partial charge on any atom is -0.365 e. The lowest BCUT2D eigenvalue weighted by Crippen LogP contribution is -2.27. The van der Waals surface area contributed by atoms with E-state index in [2.05, 4.69) is 53.4 Å². The van der Waals surface area contributed by atoms with E-state index in [9.17, 15) is 4.79 Å². The van der Waals surface area contributed by atoms with Gasteiger partial charge in [0.1, 0.15) is 0 Å². The molecule has 0 bridgehead atoms. The van der Waals surface area contributed by atoms with Crippen LogP contribution in [-0.2, 0) is 6.42 Å². The molecule has 1 heterocycles. The molecule has 1 fully saturated rings. The average Bonchev–Trinajstić information content (AvgIpc) is 2.96. The van der Waals surface area contributed by atoms with Gasteiger partial charge >= 0.3 is 0 Å². The third kappa shape index (κ3) is 2.58. The van der Waals surface area contributed by atoms with Crippen molar-refractivity contribution in [2.24, 2.45) is 0 Å². The molecule has 0 aliphatic heterocycles. The molecule has 0 radical (unpaired) electrons. The third-order valence-corrected chi connectivity index (χ3v) is 4.99. The molecule has 2 aliphatic carbocycles. The van der Waals surface area contributed by atoms with E-state index in [1.807, 2.05) is 6.07 Å². The third-order valence-electron chi connectivity index (χ3n) is 4.99. The van der Waals surface area contributed by atoms with Crippen molar-refractivity contribution in [2.45, 2.75) is 37.6 Å². The molecule has 4 rings (SSSR count). The number of aromatic nitrogens is 2. The van der Waals surface area contributed by atoms with E-state index in [1.165, 1.54) is 35.6 Å². The molecule has 0 saturated heterocycles. The number of nitrogens with one attached hydrogen (secondary N) is 1. The second-order valence-corrected chi connectivity index (χ2v) is 6.52. The quantitative estimate of drug-likeness (QED) is 0.866. The first-order valence-electron chi connectivity index (χ1n) is 8.54. The number of fused-ring (bicyclic) bond motifs is 1. The Morgan fingerprint density at radius 2 is 2.08 bits per heavy atom. The highest BCUT2D eigenvalue weighted by atomic mass is 16.2. The van der Waals surface area contributed by atoms with Crippen LogP contribution in [0.3, 0.4) is 0 Å². The Labute approximate surface area is 141 Å². The van der Waals surface area contributed by atoms with Crippen molar-refractivity contribution in [1.29, 1.82) is 0 Å². The monoisotopic (exact) mass is 319 g/mol. The first-order valence-corrected chi connectivity index (χ1v) is 8.54. The van der Waals surface area contributed by atoms with Gasteiger partial charge in [0.05, 0.1) is 5.69 Å². The van der Waals surface area contributed by atoms with Crippen LogP contribution < -0.4 is 5.32 Å². The Morgan fingerprint density at radius 1 is 1.29 bits per heavy atom. The Kier molecular flexibility index (Phi) is 3.81. The number of nitrogens with zero attached hydrogens (tertiary/aromatic N) is 2. The van der Waals surface area contributed by atoms with Crippen molar-refractivity contribution in [3.05, 3.63) is 65.9 Å². The molecule has 1 unspecified atom stereocenters. The molecule has 24 heavy (non-hydrogen) atoms. The summed E-state index contributed by atoms with van der Waals surface area (Å²) in [6.45, 7) is 3.61. The van der Waals surface area contributed by atoms with Crippen molar-refractivity contribution < 1.29 is 4.79 Å². The van der Waals surface area contributed by atoms with E-state index in [0.29, 0.717) is 6.04 Å². The van der Waals surface area contributed by atoms with Gasteiger partial charge in [-0.25, -0.2) is 0 Å². The molecule has 4 heteroatoms. The molecule has 0 spiro atoms. The van der Waals surface area contributed by atoms with Gasteiger partial charge in [0.25, 0.3) is 5.91 Å². The molecule has 1 N–H and O–H groups in total. The summed E-state index contributed by atoms with van der Waals surface area (Å²) in [4.78, 5) is 12.2. The lowest BCUT2D eigenvalue weighted by Gasteiger charge is -2.27. The molecule has 122 valence electrons. The van der Waals surface area contributed by atoms with Gasteiger partial charge in [-0.3, -0.25) is 4.79 Å². The second kappa shape index (κ2) is 6.11. The van der Waals surface area contributed by atoms with Crippen LogP contribution in [-0.4, -0.2) is 21.7 Å². The van der Waals surface area contributed by atoms with E-state index in [-0.39, 0.29) is 11.8 Å². The zero-order chi connectivity index (χ0) is 16.5. The molecule has 0 amide bonds. The lowest BCUT2D eigenvalue weighted by molar-refractivity contribution is 0.0951. The van der Waals surface area contributed by atoms with Crippen molar-refractivity contribution >= 4 is 17.8 Å². The highest BCUT2D eigenvalue weighted by Crippen LogP contribution is 2.35. The summed E-state index contributed by atoms with van der Waals surface area (Å²) in [5.41, 5.74) is 3.27. The van der Waals surface area contributed by atoms with Crippen molar-refractivity contribution in [1.82, 2.24) is 9.78 Å². The second-order valence-electron chi connectivity index (χ2n) is 6.52. The summed E-state index contributed by atoms with van der Waals surface area (Å²) in [5, 5.41) is 8.04. The fourth-order valence-corrected chi connectivity index (χ4v) is 3.38. The number of hydrogen-bond donors (Lipinski definition) is 1. The summed E-state index contributed by atoms with van der Waals surface area (Å²) in [6.07, 6.45) is 10.0. The molecule has 1 atom stereocenters. The maximum absolute atomic E-state index is 12.2. The number of carbonyl (C=O) groups excluding carboxylic acids is 1. The highest BCUT2D eigenvalue weighted by molar-refractivity contribution is 5.90. The van der Waals surface area contributed by atoms with Crippen LogP contribution in [0, 0.1) is 0 Å². The smallest absolute Gasteiger partial charge is 0.270 e. The minimum absolute atomic E-state index is 0.171. The van der Waals surface area contributed by atoms with Crippen molar-refractivity contribution in [3.8, 4) is 0 Å². The van der Waals surface area contributed by atoms with Crippen molar-refractivity contribution in [2.75, 3.05) is 5.32 Å². The van der Waals surface area contributed by atoms with Gasteiger partial charge in [0.2, 0.25) is 0 Å². The van der Waals surface area contributed by atoms with Gasteiger partial charge in [0, 0.05) is 23.9 Å². The SMILES string of the molecule is C=CC(=O)n1nc(NC2CCC2)c2c1CC(c1ccccc1)C=C2. The van der Waals surface area contributed by atoms with E-state index >= 15 is 0 Å². The minimum atomic E-state index is -0.171. The van der Waals surface area contributed by atoms with Crippen LogP contribution in [0.15, 0.2) is 49.1 Å². The van der Waals surface area contributed by atoms with E-state index in [1.54, 1.807) is 0 Å². The zero-order valence-corrected chi connectivity index (χ0v) is 13.6. The molecule has 2 aliphatic rings. The number of allylic oxidation sites excluding steroid dienone is 2. The fourth-order valence-electron chi connectivity index (χ4n) is 3.38. The summed E-state index contributed by atoms with van der Waals surface area (Å²) >= 11 is 0. The number of anilines is 1. The highest BCUT2D eigenvalue weighted by Gasteiger charge is 2.27. The summed E-state index contributed by atoms with van der Waals surface area (Å²) in [7, 11) is 0. The van der Waals surface area contributed by atoms with Crippen LogP contribution in [0.1, 0.15) is 46.8 Å². The van der Waals surface area contributed by atoms with Gasteiger partial charge in [0.15, 0.2) is 5.82 Å². The first kappa shape index (κ1) is 14.9. The fraction of sp³-hybridized carbons (Fsp3) is 0.300. The van der Waals surface area contributed by atoms with Crippen LogP contribution >= 0.6 is 0 Å². The van der Waals surface area contributed by atoms with Gasteiger partial charge < -0.3 is 5.32 Å². The van der Waals surface area contributed by atoms with E-state index in [0.717, 1.165) is 23.5 Å². The van der Waals surface area contributed by atoms with Gasteiger partial charge in [-0.05, 0) is 30.9 Å². The standard InChI is InChI=1S/C20H21N3O/c1-2-19(24)23-18-13-15(14-7-4-3-5-8-14)11-12-17(18)20(22-23)21-16-9-6-10-16/h2-5,7-8,11-12,15-16H,1,6,9-10,13H2,(H,21,22). The topological polar surface area (TPSA) is 46.9 Å². The largest absolute Gasteiger partial charge is 0.365 e. The number of benzene rings is 1. The van der Waals surface area contributed by atoms with Crippen LogP contribution in [0.5, 0.6) is 0 Å². The van der Waals surface area contributed by atoms with Gasteiger partial charge in [-0.2, -0.15) is 4.68 Å². The van der Waals surface area contributed by atoms with E-state index in [4.69, 9.17) is 0 Å². The van der Waals surface area contributed by atoms with Crippen LogP contribution in [0.25, 0.3) is 6.08 Å². The Hall–Kier alpha value is -2.62. The van der Waals surface area contributed by atoms with Crippen molar-refractivity contribution in [3.63, 3.8) is 0 Å². The van der Waals surface area contributed by atoms with Gasteiger partial charge in [-0.1, -0.05) is 49.1 Å². The normalized spacial score (nSPS) is 19.4. The molecule has 4 nitrogen and oxygen atoms in total. The predicted octanol–water partition coefficient (Wildman–Crippen LogP) is 4.03. The summed E-state index contributed by atoms with van der Waals surface area (Å²) in [5.74, 6) is 0.922. The Bertz CT molecular complexity index is 800. The molecule has 1 saturated carbocycles. The maximum Gasteiger partial charge on any atom is 0.270 e. The number of hydrogen-bond acceptors (Lipinski definition) is 3. The Morgan fingerprint density at radius 3 is 2.75 bits per heavy atom. The molecule has 1 aromatic heterocycles. The molecule has 1 aromatic carbocycles. The summed E-state index contributed by atoms with van der Waals surface area (Å²) < 4.78 is 1.52. The van der Waals surface area contributed by atoms with Gasteiger partial charge in [-0.15, -0.1) is 5.10 Å². The van der Waals surface area contributed by atoms with Crippen LogP contribution in [0.4, 0.5) is 5.82 Å². The lowest BCUT2D eigenvalue weighted by atomic mass is 9.88. The zero-order valence-electron chi connectivity index (χ0n) is 13.6. The predicted molar refractivity (Wildman–Crippen MR) is 96.2 cm³/mol. The van der Waals surface area contributed by atoms with Crippen LogP contribution in [0.2, 0.25) is 0 Å². The maximum atomic E-state index is 12.2. The van der Waals surface area contributed by atoms with E-state index < -0.39 is 0 Å². The average molecular weight is 319 g/mol. The number of rotatable bonds is 4. The molecular formula is C20H21N3O. The number of carbonyl (C=O) groups is 1.